The smallest absolute Gasteiger partial charge is 0.255 e. The van der Waals surface area contributed by atoms with Crippen LogP contribution < -0.4 is 0 Å². The van der Waals surface area contributed by atoms with Crippen molar-refractivity contribution in [1.29, 1.82) is 0 Å². The summed E-state index contributed by atoms with van der Waals surface area (Å²) in [5, 5.41) is 0.414. The van der Waals surface area contributed by atoms with Crippen molar-refractivity contribution in [3.63, 3.8) is 0 Å². The Morgan fingerprint density at radius 2 is 1.69 bits per heavy atom. The molecule has 0 aromatic heterocycles. The van der Waals surface area contributed by atoms with Gasteiger partial charge in [0.15, 0.2) is 0 Å². The molecule has 2 aliphatic rings. The van der Waals surface area contributed by atoms with Crippen molar-refractivity contribution >= 4 is 23.4 Å². The Balaban J connectivity index is 1.38. The van der Waals surface area contributed by atoms with Crippen LogP contribution in [0, 0.1) is 17.6 Å². The number of carbonyl (C=O) groups is 2. The molecule has 1 saturated heterocycles. The molecule has 2 fully saturated rings. The first-order valence-corrected chi connectivity index (χ1v) is 10.1. The standard InChI is InChI=1S/C22H21ClF2N2O2/c23-19-5-2-1-4-16(19)21(28)26-8-3-9-27(11-10-26)22(29)18-13-17(18)15-7-6-14(24)12-20(15)25/h1-2,4-7,12,17-18H,3,8-11,13H2. The van der Waals surface area contributed by atoms with Crippen LogP contribution in [-0.4, -0.2) is 47.8 Å². The third-order valence-electron chi connectivity index (χ3n) is 5.67. The summed E-state index contributed by atoms with van der Waals surface area (Å²) in [6, 6.07) is 10.4. The van der Waals surface area contributed by atoms with Crippen LogP contribution in [-0.2, 0) is 4.79 Å². The SMILES string of the molecule is O=C(c1ccccc1Cl)N1CCCN(C(=O)C2CC2c2ccc(F)cc2F)CC1. The predicted molar refractivity (Wildman–Crippen MR) is 106 cm³/mol. The average Bonchev–Trinajstić information content (AvgIpc) is 3.51. The molecule has 152 valence electrons. The second-order valence-electron chi connectivity index (χ2n) is 7.57. The quantitative estimate of drug-likeness (QED) is 0.753. The van der Waals surface area contributed by atoms with Gasteiger partial charge in [0.2, 0.25) is 5.91 Å². The van der Waals surface area contributed by atoms with Crippen molar-refractivity contribution in [1.82, 2.24) is 9.80 Å². The average molecular weight is 419 g/mol. The van der Waals surface area contributed by atoms with E-state index in [-0.39, 0.29) is 23.7 Å². The first-order chi connectivity index (χ1) is 14.0. The summed E-state index contributed by atoms with van der Waals surface area (Å²) in [5.74, 6) is -1.86. The molecule has 7 heteroatoms. The van der Waals surface area contributed by atoms with Crippen molar-refractivity contribution < 1.29 is 18.4 Å². The molecule has 2 aromatic carbocycles. The van der Waals surface area contributed by atoms with Crippen molar-refractivity contribution in [2.45, 2.75) is 18.8 Å². The van der Waals surface area contributed by atoms with E-state index in [0.717, 1.165) is 6.07 Å². The summed E-state index contributed by atoms with van der Waals surface area (Å²) >= 11 is 6.14. The van der Waals surface area contributed by atoms with Crippen LogP contribution in [0.2, 0.25) is 5.02 Å². The van der Waals surface area contributed by atoms with Crippen LogP contribution in [0.5, 0.6) is 0 Å². The summed E-state index contributed by atoms with van der Waals surface area (Å²) < 4.78 is 27.1. The topological polar surface area (TPSA) is 40.6 Å². The van der Waals surface area contributed by atoms with E-state index in [9.17, 15) is 18.4 Å². The molecule has 4 rings (SSSR count). The zero-order valence-electron chi connectivity index (χ0n) is 15.8. The fourth-order valence-corrected chi connectivity index (χ4v) is 4.21. The van der Waals surface area contributed by atoms with Crippen molar-refractivity contribution in [3.05, 3.63) is 70.2 Å². The molecule has 0 bridgehead atoms. The molecule has 4 nitrogen and oxygen atoms in total. The van der Waals surface area contributed by atoms with E-state index in [2.05, 4.69) is 0 Å². The highest BCUT2D eigenvalue weighted by Crippen LogP contribution is 2.49. The fraction of sp³-hybridized carbons (Fsp3) is 0.364. The predicted octanol–water partition coefficient (Wildman–Crippen LogP) is 4.10. The van der Waals surface area contributed by atoms with E-state index in [1.54, 1.807) is 34.1 Å². The molecule has 2 unspecified atom stereocenters. The third-order valence-corrected chi connectivity index (χ3v) is 6.00. The number of hydrogen-bond donors (Lipinski definition) is 0. The Morgan fingerprint density at radius 1 is 0.966 bits per heavy atom. The zero-order valence-corrected chi connectivity index (χ0v) is 16.5. The van der Waals surface area contributed by atoms with E-state index in [4.69, 9.17) is 11.6 Å². The van der Waals surface area contributed by atoms with Crippen LogP contribution in [0.25, 0.3) is 0 Å². The van der Waals surface area contributed by atoms with Crippen LogP contribution in [0.1, 0.15) is 34.7 Å². The summed E-state index contributed by atoms with van der Waals surface area (Å²) in [4.78, 5) is 29.1. The highest BCUT2D eigenvalue weighted by atomic mass is 35.5. The van der Waals surface area contributed by atoms with E-state index in [1.165, 1.54) is 12.1 Å². The highest BCUT2D eigenvalue weighted by molar-refractivity contribution is 6.33. The molecule has 29 heavy (non-hydrogen) atoms. The normalized spacial score (nSPS) is 21.6. The van der Waals surface area contributed by atoms with Gasteiger partial charge in [0.05, 0.1) is 10.6 Å². The number of carbonyl (C=O) groups excluding carboxylic acids is 2. The molecular formula is C22H21ClF2N2O2. The fourth-order valence-electron chi connectivity index (χ4n) is 3.99. The van der Waals surface area contributed by atoms with Gasteiger partial charge in [-0.2, -0.15) is 0 Å². The largest absolute Gasteiger partial charge is 0.341 e. The summed E-state index contributed by atoms with van der Waals surface area (Å²) in [6.45, 7) is 1.97. The van der Waals surface area contributed by atoms with E-state index in [0.29, 0.717) is 55.2 Å². The lowest BCUT2D eigenvalue weighted by atomic mass is 10.1. The third kappa shape index (κ3) is 4.13. The molecular weight excluding hydrogens is 398 g/mol. The molecule has 1 saturated carbocycles. The van der Waals surface area contributed by atoms with Crippen molar-refractivity contribution in [3.8, 4) is 0 Å². The van der Waals surface area contributed by atoms with E-state index >= 15 is 0 Å². The van der Waals surface area contributed by atoms with Crippen LogP contribution in [0.3, 0.4) is 0 Å². The summed E-state index contributed by atoms with van der Waals surface area (Å²) in [6.07, 6.45) is 1.24. The van der Waals surface area contributed by atoms with Gasteiger partial charge in [0.25, 0.3) is 5.91 Å². The first kappa shape index (κ1) is 19.8. The van der Waals surface area contributed by atoms with Crippen LogP contribution >= 0.6 is 11.6 Å². The lowest BCUT2D eigenvalue weighted by Gasteiger charge is -2.23. The molecule has 2 amide bonds. The van der Waals surface area contributed by atoms with Crippen LogP contribution in [0.15, 0.2) is 42.5 Å². The lowest BCUT2D eigenvalue weighted by molar-refractivity contribution is -0.132. The van der Waals surface area contributed by atoms with Gasteiger partial charge in [-0.25, -0.2) is 8.78 Å². The maximum Gasteiger partial charge on any atom is 0.255 e. The Bertz CT molecular complexity index is 952. The molecule has 2 aromatic rings. The minimum Gasteiger partial charge on any atom is -0.341 e. The highest BCUT2D eigenvalue weighted by Gasteiger charge is 2.47. The Hall–Kier alpha value is -2.47. The molecule has 0 N–H and O–H groups in total. The van der Waals surface area contributed by atoms with Gasteiger partial charge in [-0.15, -0.1) is 0 Å². The van der Waals surface area contributed by atoms with Gasteiger partial charge in [-0.1, -0.05) is 29.8 Å². The first-order valence-electron chi connectivity index (χ1n) is 9.73. The monoisotopic (exact) mass is 418 g/mol. The maximum atomic E-state index is 14.0. The van der Waals surface area contributed by atoms with Gasteiger partial charge in [0.1, 0.15) is 11.6 Å². The van der Waals surface area contributed by atoms with E-state index < -0.39 is 11.6 Å². The summed E-state index contributed by atoms with van der Waals surface area (Å²) in [5.41, 5.74) is 0.859. The van der Waals surface area contributed by atoms with Gasteiger partial charge in [0, 0.05) is 38.2 Å². The Labute approximate surface area is 173 Å². The van der Waals surface area contributed by atoms with Gasteiger partial charge in [-0.3, -0.25) is 9.59 Å². The molecule has 1 aliphatic heterocycles. The Morgan fingerprint density at radius 3 is 2.45 bits per heavy atom. The molecule has 0 radical (unpaired) electrons. The lowest BCUT2D eigenvalue weighted by Crippen LogP contribution is -2.38. The molecule has 1 aliphatic carbocycles. The maximum absolute atomic E-state index is 14.0. The molecule has 2 atom stereocenters. The second kappa shape index (κ2) is 8.11. The number of halogens is 3. The second-order valence-corrected chi connectivity index (χ2v) is 7.97. The van der Waals surface area contributed by atoms with Crippen molar-refractivity contribution in [2.75, 3.05) is 26.2 Å². The van der Waals surface area contributed by atoms with Crippen LogP contribution in [0.4, 0.5) is 8.78 Å². The summed E-state index contributed by atoms with van der Waals surface area (Å²) in [7, 11) is 0. The van der Waals surface area contributed by atoms with Gasteiger partial charge >= 0.3 is 0 Å². The molecule has 1 heterocycles. The molecule has 0 spiro atoms. The number of hydrogen-bond acceptors (Lipinski definition) is 2. The van der Waals surface area contributed by atoms with Gasteiger partial charge in [-0.05, 0) is 42.5 Å². The van der Waals surface area contributed by atoms with Crippen molar-refractivity contribution in [2.24, 2.45) is 5.92 Å². The zero-order chi connectivity index (χ0) is 20.5. The Kier molecular flexibility index (Phi) is 5.54. The minimum atomic E-state index is -0.620. The number of nitrogens with zero attached hydrogens (tertiary/aromatic N) is 2. The van der Waals surface area contributed by atoms with E-state index in [1.807, 2.05) is 0 Å². The number of benzene rings is 2. The number of amides is 2. The van der Waals surface area contributed by atoms with Gasteiger partial charge < -0.3 is 9.80 Å². The number of rotatable bonds is 3. The minimum absolute atomic E-state index is 0.0224.